The van der Waals surface area contributed by atoms with E-state index >= 15 is 0 Å². The quantitative estimate of drug-likeness (QED) is 0.382. The van der Waals surface area contributed by atoms with Crippen LogP contribution in [-0.2, 0) is 11.4 Å². The summed E-state index contributed by atoms with van der Waals surface area (Å²) in [6.45, 7) is 0.0276. The third-order valence-corrected chi connectivity index (χ3v) is 5.89. The molecule has 1 fully saturated rings. The average Bonchev–Trinajstić information content (AvgIpc) is 3.15. The number of benzene rings is 2. The number of alkyl halides is 1. The van der Waals surface area contributed by atoms with Crippen molar-refractivity contribution in [3.8, 4) is 5.75 Å². The molecule has 1 aliphatic rings. The number of likely N-dealkylation sites (tertiary alicyclic amines) is 1. The molecule has 0 radical (unpaired) electrons. The molecule has 0 saturated carbocycles. The van der Waals surface area contributed by atoms with E-state index in [2.05, 4.69) is 15.9 Å². The molecule has 31 heavy (non-hydrogen) atoms. The number of halogens is 2. The Labute approximate surface area is 188 Å². The Morgan fingerprint density at radius 1 is 1.19 bits per heavy atom. The van der Waals surface area contributed by atoms with E-state index in [1.165, 1.54) is 6.07 Å². The van der Waals surface area contributed by atoms with Gasteiger partial charge in [-0.1, -0.05) is 58.4 Å². The summed E-state index contributed by atoms with van der Waals surface area (Å²) in [5, 5.41) is 20.4. The molecule has 2 aromatic carbocycles. The van der Waals surface area contributed by atoms with Crippen LogP contribution in [0.4, 0.5) is 9.18 Å². The second-order valence-corrected chi connectivity index (χ2v) is 7.97. The molecule has 0 unspecified atom stereocenters. The maximum Gasteiger partial charge on any atom is 0.408 e. The van der Waals surface area contributed by atoms with Crippen LogP contribution in [0.2, 0.25) is 0 Å². The van der Waals surface area contributed by atoms with Crippen molar-refractivity contribution in [3.63, 3.8) is 0 Å². The van der Waals surface area contributed by atoms with Crippen LogP contribution in [0, 0.1) is 5.82 Å². The molecule has 0 aromatic heterocycles. The van der Waals surface area contributed by atoms with E-state index in [4.69, 9.17) is 4.74 Å². The molecule has 2 aromatic rings. The van der Waals surface area contributed by atoms with Crippen molar-refractivity contribution < 1.29 is 28.9 Å². The Morgan fingerprint density at radius 2 is 1.97 bits per heavy atom. The van der Waals surface area contributed by atoms with Gasteiger partial charge in [0, 0.05) is 10.9 Å². The molecule has 1 heterocycles. The average molecular weight is 492 g/mol. The third-order valence-electron chi connectivity index (χ3n) is 5.51. The summed E-state index contributed by atoms with van der Waals surface area (Å²) in [6.07, 6.45) is 2.82. The SMILES string of the molecule is O=C(O)N1[C@@H](c2cccc(OCc3ccccc3F)c2)CC[C@@]1(CC=CCBr)C(=O)O. The van der Waals surface area contributed by atoms with E-state index in [1.54, 1.807) is 54.6 Å². The smallest absolute Gasteiger partial charge is 0.408 e. The van der Waals surface area contributed by atoms with Gasteiger partial charge in [-0.2, -0.15) is 0 Å². The first-order chi connectivity index (χ1) is 14.9. The number of aliphatic carboxylic acids is 1. The topological polar surface area (TPSA) is 87.1 Å². The summed E-state index contributed by atoms with van der Waals surface area (Å²) in [4.78, 5) is 25.3. The van der Waals surface area contributed by atoms with Gasteiger partial charge < -0.3 is 14.9 Å². The van der Waals surface area contributed by atoms with Crippen LogP contribution in [-0.4, -0.2) is 38.0 Å². The molecule has 1 saturated heterocycles. The number of ether oxygens (including phenoxy) is 1. The molecule has 2 N–H and O–H groups in total. The van der Waals surface area contributed by atoms with Crippen LogP contribution in [0.15, 0.2) is 60.7 Å². The van der Waals surface area contributed by atoms with E-state index in [0.717, 1.165) is 4.90 Å². The zero-order chi connectivity index (χ0) is 22.4. The predicted molar refractivity (Wildman–Crippen MR) is 117 cm³/mol. The Balaban J connectivity index is 1.85. The molecule has 3 rings (SSSR count). The van der Waals surface area contributed by atoms with Gasteiger partial charge in [-0.3, -0.25) is 4.90 Å². The van der Waals surface area contributed by atoms with Crippen molar-refractivity contribution in [2.75, 3.05) is 5.33 Å². The van der Waals surface area contributed by atoms with Gasteiger partial charge in [-0.05, 0) is 43.0 Å². The minimum atomic E-state index is -1.53. The molecular weight excluding hydrogens is 469 g/mol. The number of rotatable bonds is 8. The largest absolute Gasteiger partial charge is 0.489 e. The Hall–Kier alpha value is -2.87. The number of allylic oxidation sites excluding steroid dienone is 1. The third kappa shape index (κ3) is 4.90. The van der Waals surface area contributed by atoms with Gasteiger partial charge in [0.05, 0.1) is 6.04 Å². The van der Waals surface area contributed by atoms with Crippen LogP contribution in [0.1, 0.15) is 36.4 Å². The fourth-order valence-corrected chi connectivity index (χ4v) is 4.25. The normalized spacial score (nSPS) is 20.8. The van der Waals surface area contributed by atoms with Gasteiger partial charge in [-0.25, -0.2) is 14.0 Å². The van der Waals surface area contributed by atoms with Crippen LogP contribution < -0.4 is 4.74 Å². The van der Waals surface area contributed by atoms with Gasteiger partial charge in [-0.15, -0.1) is 0 Å². The lowest BCUT2D eigenvalue weighted by Gasteiger charge is -2.35. The van der Waals surface area contributed by atoms with Crippen molar-refractivity contribution in [2.45, 2.75) is 37.5 Å². The minimum Gasteiger partial charge on any atom is -0.489 e. The summed E-state index contributed by atoms with van der Waals surface area (Å²) in [5.41, 5.74) is -0.482. The molecule has 1 amide bonds. The Morgan fingerprint density at radius 3 is 2.65 bits per heavy atom. The van der Waals surface area contributed by atoms with Gasteiger partial charge >= 0.3 is 12.1 Å². The first kappa shape index (κ1) is 22.8. The second-order valence-electron chi connectivity index (χ2n) is 7.33. The fraction of sp³-hybridized carbons (Fsp3) is 0.304. The lowest BCUT2D eigenvalue weighted by atomic mass is 9.92. The summed E-state index contributed by atoms with van der Waals surface area (Å²) < 4.78 is 19.5. The monoisotopic (exact) mass is 491 g/mol. The number of carboxylic acids is 1. The molecule has 0 bridgehead atoms. The standard InChI is InChI=1S/C23H23BrFNO5/c24-13-4-3-11-23(21(27)28)12-10-20(26(23)22(29)30)16-7-5-8-18(14-16)31-15-17-6-1-2-9-19(17)25/h1-9,14,20H,10-13,15H2,(H,27,28)(H,29,30)/t20-,23+/m1/s1. The minimum absolute atomic E-state index is 0.0276. The highest BCUT2D eigenvalue weighted by Crippen LogP contribution is 2.45. The summed E-state index contributed by atoms with van der Waals surface area (Å²) in [6, 6.07) is 12.5. The molecule has 8 heteroatoms. The Kier molecular flexibility index (Phi) is 7.33. The predicted octanol–water partition coefficient (Wildman–Crippen LogP) is 5.38. The van der Waals surface area contributed by atoms with Crippen molar-refractivity contribution in [1.82, 2.24) is 4.90 Å². The zero-order valence-corrected chi connectivity index (χ0v) is 18.3. The van der Waals surface area contributed by atoms with E-state index < -0.39 is 23.6 Å². The fourth-order valence-electron chi connectivity index (χ4n) is 3.98. The highest BCUT2D eigenvalue weighted by molar-refractivity contribution is 9.09. The number of hydrogen-bond donors (Lipinski definition) is 2. The lowest BCUT2D eigenvalue weighted by Crippen LogP contribution is -2.53. The summed E-state index contributed by atoms with van der Waals surface area (Å²) in [7, 11) is 0. The molecular formula is C23H23BrFNO5. The number of amides is 1. The van der Waals surface area contributed by atoms with Crippen LogP contribution in [0.25, 0.3) is 0 Å². The van der Waals surface area contributed by atoms with Gasteiger partial charge in [0.15, 0.2) is 0 Å². The van der Waals surface area contributed by atoms with Gasteiger partial charge in [0.25, 0.3) is 0 Å². The molecule has 2 atom stereocenters. The highest BCUT2D eigenvalue weighted by atomic mass is 79.9. The maximum absolute atomic E-state index is 13.8. The van der Waals surface area contributed by atoms with Crippen LogP contribution in [0.3, 0.4) is 0 Å². The van der Waals surface area contributed by atoms with Crippen molar-refractivity contribution in [2.24, 2.45) is 0 Å². The first-order valence-electron chi connectivity index (χ1n) is 9.82. The van der Waals surface area contributed by atoms with Crippen molar-refractivity contribution in [1.29, 1.82) is 0 Å². The van der Waals surface area contributed by atoms with Crippen LogP contribution >= 0.6 is 15.9 Å². The molecule has 0 spiro atoms. The van der Waals surface area contributed by atoms with Crippen molar-refractivity contribution >= 4 is 28.0 Å². The number of nitrogens with zero attached hydrogens (tertiary/aromatic N) is 1. The van der Waals surface area contributed by atoms with Gasteiger partial charge in [0.1, 0.15) is 23.7 Å². The van der Waals surface area contributed by atoms with Crippen molar-refractivity contribution in [3.05, 3.63) is 77.6 Å². The lowest BCUT2D eigenvalue weighted by molar-refractivity contribution is -0.149. The van der Waals surface area contributed by atoms with E-state index in [-0.39, 0.29) is 25.3 Å². The van der Waals surface area contributed by atoms with Gasteiger partial charge in [0.2, 0.25) is 0 Å². The first-order valence-corrected chi connectivity index (χ1v) is 10.9. The summed E-state index contributed by atoms with van der Waals surface area (Å²) in [5.74, 6) is -1.07. The van der Waals surface area contributed by atoms with E-state index in [0.29, 0.717) is 28.6 Å². The Bertz CT molecular complexity index is 982. The van der Waals surface area contributed by atoms with E-state index in [9.17, 15) is 24.2 Å². The van der Waals surface area contributed by atoms with Crippen LogP contribution in [0.5, 0.6) is 5.75 Å². The summed E-state index contributed by atoms with van der Waals surface area (Å²) >= 11 is 3.25. The molecule has 1 aliphatic heterocycles. The van der Waals surface area contributed by atoms with E-state index in [1.807, 2.05) is 0 Å². The zero-order valence-electron chi connectivity index (χ0n) is 16.7. The number of hydrogen-bond acceptors (Lipinski definition) is 3. The maximum atomic E-state index is 13.8. The number of carboxylic acid groups (broad SMARTS) is 2. The molecule has 6 nitrogen and oxygen atoms in total. The highest BCUT2D eigenvalue weighted by Gasteiger charge is 2.54. The molecule has 164 valence electrons. The second kappa shape index (κ2) is 9.96. The molecule has 0 aliphatic carbocycles. The number of carbonyl (C=O) groups is 2.